The number of nitrogens with zero attached hydrogens (tertiary/aromatic N) is 1. The van der Waals surface area contributed by atoms with Crippen LogP contribution in [0.4, 0.5) is 4.79 Å². The standard InChI is InChI=1S/C14H17NO4/c1-18-12-4-3-11(9-13(12)19-2)10-5-7-15(8-6-10)14(16)17/h3-5,9H,6-8H2,1-2H3,(H,16,17). The van der Waals surface area contributed by atoms with E-state index >= 15 is 0 Å². The van der Waals surface area contributed by atoms with Crippen LogP contribution in [0.25, 0.3) is 5.57 Å². The fourth-order valence-corrected chi connectivity index (χ4v) is 2.14. The summed E-state index contributed by atoms with van der Waals surface area (Å²) in [4.78, 5) is 12.2. The molecule has 1 aromatic carbocycles. The van der Waals surface area contributed by atoms with Crippen molar-refractivity contribution in [3.8, 4) is 11.5 Å². The van der Waals surface area contributed by atoms with Crippen molar-refractivity contribution < 1.29 is 19.4 Å². The quantitative estimate of drug-likeness (QED) is 0.910. The van der Waals surface area contributed by atoms with Crippen LogP contribution in [0, 0.1) is 0 Å². The minimum atomic E-state index is -0.873. The third kappa shape index (κ3) is 2.81. The van der Waals surface area contributed by atoms with E-state index in [0.717, 1.165) is 11.1 Å². The third-order valence-electron chi connectivity index (χ3n) is 3.23. The second-order valence-corrected chi connectivity index (χ2v) is 4.28. The second-order valence-electron chi connectivity index (χ2n) is 4.28. The Kier molecular flexibility index (Phi) is 3.94. The van der Waals surface area contributed by atoms with Gasteiger partial charge in [0.1, 0.15) is 0 Å². The molecular weight excluding hydrogens is 246 g/mol. The number of hydrogen-bond donors (Lipinski definition) is 1. The maximum Gasteiger partial charge on any atom is 0.407 e. The molecule has 1 aromatic rings. The highest BCUT2D eigenvalue weighted by Crippen LogP contribution is 2.32. The van der Waals surface area contributed by atoms with E-state index in [2.05, 4.69) is 0 Å². The van der Waals surface area contributed by atoms with E-state index in [4.69, 9.17) is 14.6 Å². The van der Waals surface area contributed by atoms with Crippen molar-refractivity contribution in [3.63, 3.8) is 0 Å². The van der Waals surface area contributed by atoms with E-state index in [-0.39, 0.29) is 0 Å². The highest BCUT2D eigenvalue weighted by molar-refractivity contribution is 5.72. The predicted octanol–water partition coefficient (Wildman–Crippen LogP) is 2.47. The largest absolute Gasteiger partial charge is 0.493 e. The summed E-state index contributed by atoms with van der Waals surface area (Å²) in [6, 6.07) is 5.74. The first-order valence-electron chi connectivity index (χ1n) is 6.05. The SMILES string of the molecule is COc1ccc(C2=CCN(C(=O)O)CC2)cc1OC. The summed E-state index contributed by atoms with van der Waals surface area (Å²) in [7, 11) is 3.20. The van der Waals surface area contributed by atoms with Crippen LogP contribution in [0.5, 0.6) is 11.5 Å². The van der Waals surface area contributed by atoms with Crippen LogP contribution < -0.4 is 9.47 Å². The van der Waals surface area contributed by atoms with Gasteiger partial charge in [-0.3, -0.25) is 0 Å². The maximum absolute atomic E-state index is 10.8. The fourth-order valence-electron chi connectivity index (χ4n) is 2.14. The lowest BCUT2D eigenvalue weighted by Crippen LogP contribution is -2.33. The fraction of sp³-hybridized carbons (Fsp3) is 0.357. The van der Waals surface area contributed by atoms with Crippen molar-refractivity contribution in [2.24, 2.45) is 0 Å². The Hall–Kier alpha value is -2.17. The highest BCUT2D eigenvalue weighted by atomic mass is 16.5. The zero-order valence-corrected chi connectivity index (χ0v) is 11.0. The number of methoxy groups -OCH3 is 2. The number of carboxylic acid groups (broad SMARTS) is 1. The van der Waals surface area contributed by atoms with E-state index < -0.39 is 6.09 Å². The van der Waals surface area contributed by atoms with Gasteiger partial charge in [0.2, 0.25) is 0 Å². The first-order chi connectivity index (χ1) is 9.15. The van der Waals surface area contributed by atoms with Gasteiger partial charge in [0, 0.05) is 13.1 Å². The predicted molar refractivity (Wildman–Crippen MR) is 71.7 cm³/mol. The second kappa shape index (κ2) is 5.65. The zero-order chi connectivity index (χ0) is 13.8. The molecule has 0 atom stereocenters. The van der Waals surface area contributed by atoms with Gasteiger partial charge in [-0.05, 0) is 29.7 Å². The number of hydrogen-bond acceptors (Lipinski definition) is 3. The highest BCUT2D eigenvalue weighted by Gasteiger charge is 2.17. The number of benzene rings is 1. The first kappa shape index (κ1) is 13.3. The smallest absolute Gasteiger partial charge is 0.407 e. The number of amides is 1. The molecule has 0 spiro atoms. The zero-order valence-electron chi connectivity index (χ0n) is 11.0. The van der Waals surface area contributed by atoms with Crippen molar-refractivity contribution in [1.29, 1.82) is 0 Å². The van der Waals surface area contributed by atoms with E-state index in [1.807, 2.05) is 24.3 Å². The Morgan fingerprint density at radius 3 is 2.53 bits per heavy atom. The van der Waals surface area contributed by atoms with Crippen molar-refractivity contribution in [3.05, 3.63) is 29.8 Å². The van der Waals surface area contributed by atoms with E-state index in [1.54, 1.807) is 14.2 Å². The van der Waals surface area contributed by atoms with Crippen LogP contribution in [0.1, 0.15) is 12.0 Å². The molecule has 0 bridgehead atoms. The van der Waals surface area contributed by atoms with E-state index in [0.29, 0.717) is 31.0 Å². The van der Waals surface area contributed by atoms with Crippen molar-refractivity contribution >= 4 is 11.7 Å². The molecular formula is C14H17NO4. The molecule has 102 valence electrons. The monoisotopic (exact) mass is 263 g/mol. The van der Waals surface area contributed by atoms with Crippen molar-refractivity contribution in [2.75, 3.05) is 27.3 Å². The normalized spacial score (nSPS) is 14.8. The maximum atomic E-state index is 10.8. The molecule has 0 saturated carbocycles. The van der Waals surface area contributed by atoms with Gasteiger partial charge in [0.15, 0.2) is 11.5 Å². The molecule has 1 amide bonds. The Bertz CT molecular complexity index is 510. The van der Waals surface area contributed by atoms with Gasteiger partial charge in [0.25, 0.3) is 0 Å². The van der Waals surface area contributed by atoms with Crippen molar-refractivity contribution in [1.82, 2.24) is 4.90 Å². The average molecular weight is 263 g/mol. The lowest BCUT2D eigenvalue weighted by atomic mass is 9.99. The van der Waals surface area contributed by atoms with Gasteiger partial charge < -0.3 is 19.5 Å². The molecule has 0 aromatic heterocycles. The van der Waals surface area contributed by atoms with Crippen LogP contribution >= 0.6 is 0 Å². The summed E-state index contributed by atoms with van der Waals surface area (Å²) in [6.07, 6.45) is 1.78. The van der Waals surface area contributed by atoms with Crippen molar-refractivity contribution in [2.45, 2.75) is 6.42 Å². The van der Waals surface area contributed by atoms with E-state index in [1.165, 1.54) is 4.90 Å². The Labute approximate surface area is 112 Å². The summed E-state index contributed by atoms with van der Waals surface area (Å²) in [6.45, 7) is 0.953. The summed E-state index contributed by atoms with van der Waals surface area (Å²) in [5.74, 6) is 1.37. The van der Waals surface area contributed by atoms with Gasteiger partial charge in [-0.15, -0.1) is 0 Å². The lowest BCUT2D eigenvalue weighted by Gasteiger charge is -2.24. The molecule has 1 aliphatic heterocycles. The van der Waals surface area contributed by atoms with Gasteiger partial charge in [-0.25, -0.2) is 4.79 Å². The van der Waals surface area contributed by atoms with Crippen LogP contribution in [0.2, 0.25) is 0 Å². The summed E-state index contributed by atoms with van der Waals surface area (Å²) >= 11 is 0. The Morgan fingerprint density at radius 2 is 2.00 bits per heavy atom. The summed E-state index contributed by atoms with van der Waals surface area (Å²) < 4.78 is 10.5. The molecule has 5 heteroatoms. The third-order valence-corrected chi connectivity index (χ3v) is 3.23. The van der Waals surface area contributed by atoms with Gasteiger partial charge >= 0.3 is 6.09 Å². The van der Waals surface area contributed by atoms with E-state index in [9.17, 15) is 4.79 Å². The molecule has 2 rings (SSSR count). The lowest BCUT2D eigenvalue weighted by molar-refractivity contribution is 0.150. The van der Waals surface area contributed by atoms with Crippen LogP contribution in [0.15, 0.2) is 24.3 Å². The minimum absolute atomic E-state index is 0.430. The number of carbonyl (C=O) groups is 1. The molecule has 0 aliphatic carbocycles. The summed E-state index contributed by atoms with van der Waals surface area (Å²) in [5, 5.41) is 8.91. The molecule has 1 N–H and O–H groups in total. The number of rotatable bonds is 3. The van der Waals surface area contributed by atoms with Crippen LogP contribution in [-0.4, -0.2) is 43.4 Å². The molecule has 0 fully saturated rings. The molecule has 0 saturated heterocycles. The Morgan fingerprint density at radius 1 is 1.26 bits per heavy atom. The molecule has 19 heavy (non-hydrogen) atoms. The minimum Gasteiger partial charge on any atom is -0.493 e. The van der Waals surface area contributed by atoms with Crippen LogP contribution in [0.3, 0.4) is 0 Å². The van der Waals surface area contributed by atoms with Gasteiger partial charge in [-0.2, -0.15) is 0 Å². The van der Waals surface area contributed by atoms with Crippen LogP contribution in [-0.2, 0) is 0 Å². The molecule has 1 heterocycles. The molecule has 5 nitrogen and oxygen atoms in total. The average Bonchev–Trinajstić information content (AvgIpc) is 2.46. The number of ether oxygens (including phenoxy) is 2. The molecule has 0 unspecified atom stereocenters. The summed E-state index contributed by atoms with van der Waals surface area (Å²) in [5.41, 5.74) is 2.18. The van der Waals surface area contributed by atoms with Gasteiger partial charge in [-0.1, -0.05) is 12.1 Å². The molecule has 1 aliphatic rings. The molecule has 0 radical (unpaired) electrons. The Balaban J connectivity index is 2.21. The topological polar surface area (TPSA) is 59.0 Å². The first-order valence-corrected chi connectivity index (χ1v) is 6.05. The van der Waals surface area contributed by atoms with Gasteiger partial charge in [0.05, 0.1) is 14.2 Å².